The molecule has 9 heteroatoms. The van der Waals surface area contributed by atoms with E-state index in [1.807, 2.05) is 30.5 Å². The van der Waals surface area contributed by atoms with Crippen molar-refractivity contribution in [1.82, 2.24) is 4.68 Å². The Balaban J connectivity index is 1.76. The van der Waals surface area contributed by atoms with E-state index in [1.165, 1.54) is 17.4 Å². The van der Waals surface area contributed by atoms with Crippen LogP contribution in [0.15, 0.2) is 51.9 Å². The number of carbonyl (C=O) groups is 1. The molecule has 0 unspecified atom stereocenters. The van der Waals surface area contributed by atoms with E-state index in [1.54, 1.807) is 23.0 Å². The monoisotopic (exact) mass is 424 g/mol. The van der Waals surface area contributed by atoms with Gasteiger partial charge in [0.2, 0.25) is 4.80 Å². The van der Waals surface area contributed by atoms with Crippen LogP contribution in [0.1, 0.15) is 22.8 Å². The fraction of sp³-hybridized carbons (Fsp3) is 0.190. The number of ether oxygens (including phenoxy) is 2. The normalized spacial score (nSPS) is 13.7. The number of nitrogens with zero attached hydrogens (tertiary/aromatic N) is 3. The molecule has 0 aliphatic carbocycles. The SMILES string of the molecule is CCN=c1scc(-c2ccc(O)c(C(N)=O)c2)n1N=Cc1ccc2c(c1)OCCO2. The van der Waals surface area contributed by atoms with Gasteiger partial charge in [-0.05, 0) is 48.9 Å². The van der Waals surface area contributed by atoms with Gasteiger partial charge in [-0.3, -0.25) is 9.79 Å². The van der Waals surface area contributed by atoms with Crippen LogP contribution in [0.4, 0.5) is 0 Å². The standard InChI is InChI=1S/C21H20N4O4S/c1-2-23-21-25(24-11-13-3-6-18-19(9-13)29-8-7-28-18)16(12-30-21)14-4-5-17(26)15(10-14)20(22)27/h3-6,9-12,26H,2,7-8H2,1H3,(H2,22,27). The number of nitrogens with two attached hydrogens (primary N) is 1. The molecule has 30 heavy (non-hydrogen) atoms. The van der Waals surface area contributed by atoms with Gasteiger partial charge in [-0.1, -0.05) is 0 Å². The second-order valence-electron chi connectivity index (χ2n) is 6.43. The molecule has 3 N–H and O–H groups in total. The molecule has 1 aromatic heterocycles. The molecule has 0 saturated heterocycles. The van der Waals surface area contributed by atoms with Crippen molar-refractivity contribution in [3.8, 4) is 28.5 Å². The molecule has 1 aliphatic rings. The van der Waals surface area contributed by atoms with Gasteiger partial charge in [0.1, 0.15) is 19.0 Å². The van der Waals surface area contributed by atoms with Gasteiger partial charge in [0.15, 0.2) is 11.5 Å². The summed E-state index contributed by atoms with van der Waals surface area (Å²) in [5, 5.41) is 16.4. The summed E-state index contributed by atoms with van der Waals surface area (Å²) < 4.78 is 12.9. The summed E-state index contributed by atoms with van der Waals surface area (Å²) in [5.74, 6) is 0.538. The highest BCUT2D eigenvalue weighted by Crippen LogP contribution is 2.30. The molecule has 0 saturated carbocycles. The zero-order valence-corrected chi connectivity index (χ0v) is 17.1. The Bertz CT molecular complexity index is 1200. The Morgan fingerprint density at radius 1 is 1.23 bits per heavy atom. The van der Waals surface area contributed by atoms with E-state index in [0.717, 1.165) is 11.3 Å². The number of fused-ring (bicyclic) bond motifs is 1. The lowest BCUT2D eigenvalue weighted by molar-refractivity contribution is 0.0998. The topological polar surface area (TPSA) is 111 Å². The maximum absolute atomic E-state index is 11.6. The zero-order chi connectivity index (χ0) is 21.1. The molecule has 0 fully saturated rings. The van der Waals surface area contributed by atoms with E-state index in [2.05, 4.69) is 10.1 Å². The molecule has 2 heterocycles. The van der Waals surface area contributed by atoms with Gasteiger partial charge in [0.25, 0.3) is 5.91 Å². The van der Waals surface area contributed by atoms with E-state index in [9.17, 15) is 9.90 Å². The van der Waals surface area contributed by atoms with Crippen molar-refractivity contribution in [3.63, 3.8) is 0 Å². The molecule has 8 nitrogen and oxygen atoms in total. The first-order valence-electron chi connectivity index (χ1n) is 9.35. The number of aromatic hydroxyl groups is 1. The summed E-state index contributed by atoms with van der Waals surface area (Å²) in [7, 11) is 0. The van der Waals surface area contributed by atoms with Crippen LogP contribution in [0.2, 0.25) is 0 Å². The van der Waals surface area contributed by atoms with Crippen molar-refractivity contribution in [3.05, 3.63) is 57.7 Å². The van der Waals surface area contributed by atoms with Gasteiger partial charge in [-0.2, -0.15) is 5.10 Å². The first-order valence-corrected chi connectivity index (χ1v) is 10.2. The van der Waals surface area contributed by atoms with Crippen LogP contribution in [0.25, 0.3) is 11.3 Å². The predicted octanol–water partition coefficient (Wildman–Crippen LogP) is 2.60. The smallest absolute Gasteiger partial charge is 0.252 e. The highest BCUT2D eigenvalue weighted by Gasteiger charge is 2.14. The second-order valence-corrected chi connectivity index (χ2v) is 7.27. The fourth-order valence-corrected chi connectivity index (χ4v) is 3.91. The number of aromatic nitrogens is 1. The molecule has 4 rings (SSSR count). The van der Waals surface area contributed by atoms with Gasteiger partial charge in [0, 0.05) is 17.5 Å². The van der Waals surface area contributed by atoms with Crippen LogP contribution in [-0.2, 0) is 0 Å². The number of primary amides is 1. The molecule has 1 aliphatic heterocycles. The number of carbonyl (C=O) groups excluding carboxylic acids is 1. The van der Waals surface area contributed by atoms with Crippen molar-refractivity contribution < 1.29 is 19.4 Å². The van der Waals surface area contributed by atoms with Crippen LogP contribution >= 0.6 is 11.3 Å². The first kappa shape index (κ1) is 19.7. The quantitative estimate of drug-likeness (QED) is 0.613. The van der Waals surface area contributed by atoms with E-state index in [0.29, 0.717) is 41.6 Å². The fourth-order valence-electron chi connectivity index (χ4n) is 3.01. The van der Waals surface area contributed by atoms with Crippen LogP contribution in [0.5, 0.6) is 17.2 Å². The lowest BCUT2D eigenvalue weighted by Crippen LogP contribution is -2.15. The van der Waals surface area contributed by atoms with Gasteiger partial charge in [-0.25, -0.2) is 4.68 Å². The molecule has 0 spiro atoms. The van der Waals surface area contributed by atoms with E-state index < -0.39 is 5.91 Å². The molecule has 0 atom stereocenters. The number of rotatable bonds is 5. The Morgan fingerprint density at radius 3 is 2.80 bits per heavy atom. The minimum Gasteiger partial charge on any atom is -0.507 e. The Labute approximate surface area is 176 Å². The summed E-state index contributed by atoms with van der Waals surface area (Å²) in [6, 6.07) is 10.3. The minimum absolute atomic E-state index is 0.0510. The molecular weight excluding hydrogens is 404 g/mol. The molecular formula is C21H20N4O4S. The Kier molecular flexibility index (Phi) is 5.53. The number of thiazole rings is 1. The lowest BCUT2D eigenvalue weighted by atomic mass is 10.1. The van der Waals surface area contributed by atoms with Crippen molar-refractivity contribution in [2.75, 3.05) is 19.8 Å². The molecule has 154 valence electrons. The van der Waals surface area contributed by atoms with Crippen molar-refractivity contribution in [2.45, 2.75) is 6.92 Å². The van der Waals surface area contributed by atoms with Crippen molar-refractivity contribution >= 4 is 23.5 Å². The third-order valence-electron chi connectivity index (χ3n) is 4.43. The third-order valence-corrected chi connectivity index (χ3v) is 5.28. The number of phenols is 1. The lowest BCUT2D eigenvalue weighted by Gasteiger charge is -2.18. The first-order chi connectivity index (χ1) is 14.6. The molecule has 1 amide bonds. The van der Waals surface area contributed by atoms with E-state index in [-0.39, 0.29) is 11.3 Å². The maximum atomic E-state index is 11.6. The Morgan fingerprint density at radius 2 is 2.03 bits per heavy atom. The van der Waals surface area contributed by atoms with Crippen molar-refractivity contribution in [2.24, 2.45) is 15.8 Å². The van der Waals surface area contributed by atoms with Crippen LogP contribution < -0.4 is 20.0 Å². The van der Waals surface area contributed by atoms with Crippen LogP contribution in [0, 0.1) is 0 Å². The second kappa shape index (κ2) is 8.42. The Hall–Kier alpha value is -3.59. The van der Waals surface area contributed by atoms with Gasteiger partial charge in [-0.15, -0.1) is 11.3 Å². The van der Waals surface area contributed by atoms with E-state index in [4.69, 9.17) is 15.2 Å². The molecule has 0 bridgehead atoms. The molecule has 2 aromatic carbocycles. The van der Waals surface area contributed by atoms with Gasteiger partial charge in [0.05, 0.1) is 17.5 Å². The minimum atomic E-state index is -0.700. The number of hydrogen-bond acceptors (Lipinski definition) is 7. The zero-order valence-electron chi connectivity index (χ0n) is 16.2. The van der Waals surface area contributed by atoms with Gasteiger partial charge >= 0.3 is 0 Å². The summed E-state index contributed by atoms with van der Waals surface area (Å²) >= 11 is 1.43. The number of amides is 1. The summed E-state index contributed by atoms with van der Waals surface area (Å²) in [6.45, 7) is 3.59. The molecule has 0 radical (unpaired) electrons. The highest BCUT2D eigenvalue weighted by atomic mass is 32.1. The van der Waals surface area contributed by atoms with Crippen LogP contribution in [0.3, 0.4) is 0 Å². The van der Waals surface area contributed by atoms with Crippen LogP contribution in [-0.4, -0.2) is 41.7 Å². The largest absolute Gasteiger partial charge is 0.507 e. The average Bonchev–Trinajstić information content (AvgIpc) is 3.15. The third kappa shape index (κ3) is 3.92. The van der Waals surface area contributed by atoms with Gasteiger partial charge < -0.3 is 20.3 Å². The molecule has 3 aromatic rings. The summed E-state index contributed by atoms with van der Waals surface area (Å²) in [4.78, 5) is 16.8. The maximum Gasteiger partial charge on any atom is 0.252 e. The average molecular weight is 424 g/mol. The predicted molar refractivity (Wildman–Crippen MR) is 114 cm³/mol. The summed E-state index contributed by atoms with van der Waals surface area (Å²) in [6.07, 6.45) is 1.71. The number of hydrogen-bond donors (Lipinski definition) is 2. The summed E-state index contributed by atoms with van der Waals surface area (Å²) in [5.41, 5.74) is 7.68. The van der Waals surface area contributed by atoms with Crippen molar-refractivity contribution in [1.29, 1.82) is 0 Å². The number of benzene rings is 2. The van der Waals surface area contributed by atoms with E-state index >= 15 is 0 Å². The highest BCUT2D eigenvalue weighted by molar-refractivity contribution is 7.07.